The number of carbonyl (C=O) groups excluding carboxylic acids is 1. The van der Waals surface area contributed by atoms with Crippen LogP contribution >= 0.6 is 15.9 Å². The summed E-state index contributed by atoms with van der Waals surface area (Å²) in [6.45, 7) is 0.412. The Balaban J connectivity index is 2.39. The molecule has 4 nitrogen and oxygen atoms in total. The fourth-order valence-corrected chi connectivity index (χ4v) is 2.03. The van der Waals surface area contributed by atoms with Crippen molar-refractivity contribution in [1.82, 2.24) is 4.98 Å². The molecule has 82 valence electrons. The van der Waals surface area contributed by atoms with Crippen molar-refractivity contribution in [1.29, 1.82) is 0 Å². The van der Waals surface area contributed by atoms with E-state index < -0.39 is 0 Å². The predicted octanol–water partition coefficient (Wildman–Crippen LogP) is 1.12. The number of terminal acetylenes is 1. The highest BCUT2D eigenvalue weighted by Gasteiger charge is 2.30. The summed E-state index contributed by atoms with van der Waals surface area (Å²) in [6, 6.07) is 1.62. The van der Waals surface area contributed by atoms with E-state index in [1.165, 1.54) is 11.1 Å². The number of anilines is 1. The molecule has 0 bridgehead atoms. The Kier molecular flexibility index (Phi) is 2.84. The van der Waals surface area contributed by atoms with Gasteiger partial charge >= 0.3 is 0 Å². The van der Waals surface area contributed by atoms with Gasteiger partial charge in [0.2, 0.25) is 5.91 Å². The highest BCUT2D eigenvalue weighted by atomic mass is 79.9. The molecule has 1 aliphatic rings. The van der Waals surface area contributed by atoms with Crippen LogP contribution in [0.1, 0.15) is 6.42 Å². The first-order chi connectivity index (χ1) is 7.61. The van der Waals surface area contributed by atoms with Gasteiger partial charge in [-0.05, 0) is 22.0 Å². The molecule has 0 aliphatic carbocycles. The number of hydrogen-bond acceptors (Lipinski definition) is 2. The maximum Gasteiger partial charge on any atom is 0.271 e. The quantitative estimate of drug-likeness (QED) is 0.784. The van der Waals surface area contributed by atoms with Crippen molar-refractivity contribution in [3.63, 3.8) is 0 Å². The molecule has 0 spiro atoms. The Labute approximate surface area is 101 Å². The summed E-state index contributed by atoms with van der Waals surface area (Å²) >= 11 is 3.25. The number of hydrogen-bond donors (Lipinski definition) is 1. The second kappa shape index (κ2) is 4.14. The van der Waals surface area contributed by atoms with Crippen LogP contribution < -0.4 is 10.5 Å². The van der Waals surface area contributed by atoms with Crippen LogP contribution in [0.15, 0.2) is 21.5 Å². The molecule has 1 aromatic rings. The normalized spacial score (nSPS) is 19.9. The highest BCUT2D eigenvalue weighted by molar-refractivity contribution is 9.10. The zero-order valence-corrected chi connectivity index (χ0v) is 9.95. The first kappa shape index (κ1) is 11.0. The van der Waals surface area contributed by atoms with Crippen molar-refractivity contribution in [2.24, 2.45) is 5.92 Å². The Morgan fingerprint density at radius 1 is 1.56 bits per heavy atom. The Bertz CT molecular complexity index is 530. The summed E-state index contributed by atoms with van der Waals surface area (Å²) in [5, 5.41) is 0. The molecule has 2 heterocycles. The molecule has 0 aromatic carbocycles. The Hall–Kier alpha value is -1.54. The van der Waals surface area contributed by atoms with Crippen molar-refractivity contribution in [2.75, 3.05) is 11.4 Å². The number of H-pyrrole nitrogens is 1. The number of carbonyl (C=O) groups is 1. The number of pyridine rings is 1. The van der Waals surface area contributed by atoms with E-state index in [4.69, 9.17) is 6.42 Å². The SMILES string of the molecule is C#CC1CC(=O)N(c2cc(Br)c[nH]c2=O)C1. The van der Waals surface area contributed by atoms with Gasteiger partial charge in [-0.1, -0.05) is 0 Å². The third kappa shape index (κ3) is 1.89. The number of aromatic amines is 1. The summed E-state index contributed by atoms with van der Waals surface area (Å²) in [7, 11) is 0. The molecule has 0 saturated carbocycles. The zero-order chi connectivity index (χ0) is 11.7. The van der Waals surface area contributed by atoms with Gasteiger partial charge in [0.25, 0.3) is 5.56 Å². The first-order valence-electron chi connectivity index (χ1n) is 4.76. The second-order valence-electron chi connectivity index (χ2n) is 3.60. The zero-order valence-electron chi connectivity index (χ0n) is 8.37. The van der Waals surface area contributed by atoms with Crippen LogP contribution in [0.25, 0.3) is 0 Å². The van der Waals surface area contributed by atoms with E-state index in [2.05, 4.69) is 26.8 Å². The predicted molar refractivity (Wildman–Crippen MR) is 64.1 cm³/mol. The van der Waals surface area contributed by atoms with Crippen molar-refractivity contribution in [2.45, 2.75) is 6.42 Å². The lowest BCUT2D eigenvalue weighted by molar-refractivity contribution is -0.117. The molecule has 2 rings (SSSR count). The van der Waals surface area contributed by atoms with Gasteiger partial charge in [-0.3, -0.25) is 9.59 Å². The van der Waals surface area contributed by atoms with E-state index in [0.29, 0.717) is 18.7 Å². The summed E-state index contributed by atoms with van der Waals surface area (Å²) in [4.78, 5) is 27.2. The van der Waals surface area contributed by atoms with Crippen LogP contribution in [0.5, 0.6) is 0 Å². The van der Waals surface area contributed by atoms with Gasteiger partial charge in [0.1, 0.15) is 5.69 Å². The minimum absolute atomic E-state index is 0.105. The van der Waals surface area contributed by atoms with E-state index in [-0.39, 0.29) is 17.4 Å². The van der Waals surface area contributed by atoms with E-state index >= 15 is 0 Å². The average Bonchev–Trinajstić information content (AvgIpc) is 2.63. The minimum Gasteiger partial charge on any atom is -0.326 e. The lowest BCUT2D eigenvalue weighted by Gasteiger charge is -2.14. The summed E-state index contributed by atoms with van der Waals surface area (Å²) in [5.74, 6) is 2.33. The maximum absolute atomic E-state index is 11.7. The van der Waals surface area contributed by atoms with Crippen LogP contribution in [0, 0.1) is 18.3 Å². The van der Waals surface area contributed by atoms with Crippen molar-refractivity contribution in [3.05, 3.63) is 27.1 Å². The van der Waals surface area contributed by atoms with Crippen LogP contribution in [0.3, 0.4) is 0 Å². The number of amides is 1. The topological polar surface area (TPSA) is 53.2 Å². The summed E-state index contributed by atoms with van der Waals surface area (Å²) in [6.07, 6.45) is 7.12. The molecule has 1 N–H and O–H groups in total. The van der Waals surface area contributed by atoms with Gasteiger partial charge in [-0.2, -0.15) is 0 Å². The summed E-state index contributed by atoms with van der Waals surface area (Å²) in [5.41, 5.74) is 0.0614. The molecule has 1 saturated heterocycles. The van der Waals surface area contributed by atoms with E-state index in [0.717, 1.165) is 4.47 Å². The highest BCUT2D eigenvalue weighted by Crippen LogP contribution is 2.23. The summed E-state index contributed by atoms with van der Waals surface area (Å²) < 4.78 is 0.721. The number of nitrogens with zero attached hydrogens (tertiary/aromatic N) is 1. The molecule has 1 atom stereocenters. The second-order valence-corrected chi connectivity index (χ2v) is 4.52. The van der Waals surface area contributed by atoms with Gasteiger partial charge in [-0.25, -0.2) is 0 Å². The lowest BCUT2D eigenvalue weighted by atomic mass is 10.1. The Morgan fingerprint density at radius 2 is 2.31 bits per heavy atom. The Morgan fingerprint density at radius 3 is 2.94 bits per heavy atom. The molecular weight excluding hydrogens is 272 g/mol. The third-order valence-electron chi connectivity index (χ3n) is 2.50. The third-order valence-corrected chi connectivity index (χ3v) is 2.96. The van der Waals surface area contributed by atoms with Gasteiger partial charge in [0.05, 0.1) is 0 Å². The van der Waals surface area contributed by atoms with Gasteiger partial charge < -0.3 is 9.88 Å². The smallest absolute Gasteiger partial charge is 0.271 e. The maximum atomic E-state index is 11.7. The molecule has 1 aliphatic heterocycles. The van der Waals surface area contributed by atoms with Crippen molar-refractivity contribution < 1.29 is 4.79 Å². The monoisotopic (exact) mass is 280 g/mol. The number of rotatable bonds is 1. The van der Waals surface area contributed by atoms with E-state index in [1.54, 1.807) is 6.07 Å². The van der Waals surface area contributed by atoms with Crippen LogP contribution in [-0.4, -0.2) is 17.4 Å². The molecule has 1 amide bonds. The van der Waals surface area contributed by atoms with Gasteiger partial charge in [0, 0.05) is 29.6 Å². The van der Waals surface area contributed by atoms with Gasteiger partial charge in [-0.15, -0.1) is 12.3 Å². The molecule has 5 heteroatoms. The van der Waals surface area contributed by atoms with Crippen LogP contribution in [0.4, 0.5) is 5.69 Å². The standard InChI is InChI=1S/C11H9BrN2O2/c1-2-7-3-10(15)14(6-7)9-4-8(12)5-13-11(9)16/h1,4-5,7H,3,6H2,(H,13,16). The minimum atomic E-state index is -0.283. The number of aromatic nitrogens is 1. The lowest BCUT2D eigenvalue weighted by Crippen LogP contribution is -2.30. The molecule has 1 aromatic heterocycles. The fraction of sp³-hybridized carbons (Fsp3) is 0.273. The number of halogens is 1. The van der Waals surface area contributed by atoms with E-state index in [9.17, 15) is 9.59 Å². The molecular formula is C11H9BrN2O2. The van der Waals surface area contributed by atoms with Crippen LogP contribution in [0.2, 0.25) is 0 Å². The first-order valence-corrected chi connectivity index (χ1v) is 5.56. The van der Waals surface area contributed by atoms with Crippen molar-refractivity contribution >= 4 is 27.5 Å². The molecule has 1 fully saturated rings. The van der Waals surface area contributed by atoms with Crippen molar-refractivity contribution in [3.8, 4) is 12.3 Å². The molecule has 1 unspecified atom stereocenters. The molecule has 16 heavy (non-hydrogen) atoms. The number of nitrogens with one attached hydrogen (secondary N) is 1. The molecule has 0 radical (unpaired) electrons. The fourth-order valence-electron chi connectivity index (χ4n) is 1.70. The van der Waals surface area contributed by atoms with Crippen LogP contribution in [-0.2, 0) is 4.79 Å². The average molecular weight is 281 g/mol. The largest absolute Gasteiger partial charge is 0.326 e. The van der Waals surface area contributed by atoms with Gasteiger partial charge in [0.15, 0.2) is 0 Å². The van der Waals surface area contributed by atoms with E-state index in [1.807, 2.05) is 0 Å².